The summed E-state index contributed by atoms with van der Waals surface area (Å²) in [5.74, 6) is 0. The summed E-state index contributed by atoms with van der Waals surface area (Å²) in [5, 5.41) is 5.40. The van der Waals surface area contributed by atoms with Gasteiger partial charge in [-0.15, -0.1) is 0 Å². The third-order valence-electron chi connectivity index (χ3n) is 5.40. The van der Waals surface area contributed by atoms with Crippen LogP contribution in [0.4, 0.5) is 0 Å². The summed E-state index contributed by atoms with van der Waals surface area (Å²) in [7, 11) is 0. The molecule has 30 heavy (non-hydrogen) atoms. The average molecular weight is 396 g/mol. The molecular weight excluding hydrogens is 372 g/mol. The Kier molecular flexibility index (Phi) is 5.77. The van der Waals surface area contributed by atoms with Crippen molar-refractivity contribution in [3.05, 3.63) is 144 Å². The zero-order chi connectivity index (χ0) is 20.9. The maximum atomic E-state index is 6.13. The smallest absolute Gasteiger partial charge is 0.186 e. The number of hydrogen-bond acceptors (Lipinski definition) is 3. The Labute approximate surface area is 177 Å². The van der Waals surface area contributed by atoms with E-state index >= 15 is 0 Å². The predicted octanol–water partition coefficient (Wildman–Crippen LogP) is 6.41. The normalized spacial score (nSPS) is 21.0. The quantitative estimate of drug-likeness (QED) is 0.356. The first-order valence-corrected chi connectivity index (χ1v) is 9.95. The Bertz CT molecular complexity index is 1000. The topological polar surface area (TPSA) is 27.7 Å². The lowest BCUT2D eigenvalue weighted by molar-refractivity contribution is -0.478. The van der Waals surface area contributed by atoms with Crippen LogP contribution in [0.15, 0.2) is 127 Å². The van der Waals surface area contributed by atoms with E-state index in [0.717, 1.165) is 22.3 Å². The van der Waals surface area contributed by atoms with Gasteiger partial charge in [0.05, 0.1) is 0 Å². The van der Waals surface area contributed by atoms with E-state index in [0.29, 0.717) is 0 Å². The van der Waals surface area contributed by atoms with E-state index < -0.39 is 11.2 Å². The molecule has 0 aliphatic carbocycles. The van der Waals surface area contributed by atoms with Crippen LogP contribution < -0.4 is 0 Å². The van der Waals surface area contributed by atoms with Gasteiger partial charge in [-0.3, -0.25) is 0 Å². The average Bonchev–Trinajstić information content (AvgIpc) is 3.23. The van der Waals surface area contributed by atoms with Crippen LogP contribution >= 0.6 is 0 Å². The molecule has 3 aromatic carbocycles. The van der Waals surface area contributed by atoms with Crippen molar-refractivity contribution in [3.8, 4) is 0 Å². The fourth-order valence-corrected chi connectivity index (χ4v) is 4.19. The molecule has 1 heterocycles. The molecular formula is C27H24O3. The van der Waals surface area contributed by atoms with Crippen LogP contribution in [0.1, 0.15) is 23.6 Å². The van der Waals surface area contributed by atoms with Crippen molar-refractivity contribution in [3.63, 3.8) is 0 Å². The molecule has 1 saturated heterocycles. The first kappa shape index (κ1) is 20.0. The second-order valence-corrected chi connectivity index (χ2v) is 7.05. The van der Waals surface area contributed by atoms with Gasteiger partial charge >= 0.3 is 0 Å². The Morgan fingerprint density at radius 2 is 1.23 bits per heavy atom. The number of benzene rings is 3. The molecule has 1 aliphatic rings. The first-order chi connectivity index (χ1) is 14.8. The summed E-state index contributed by atoms with van der Waals surface area (Å²) in [4.78, 5) is 12.3. The van der Waals surface area contributed by atoms with E-state index in [2.05, 4.69) is 6.58 Å². The largest absolute Gasteiger partial charge is 0.197 e. The van der Waals surface area contributed by atoms with E-state index in [1.165, 1.54) is 0 Å². The van der Waals surface area contributed by atoms with Gasteiger partial charge in [0.1, 0.15) is 0 Å². The second-order valence-electron chi connectivity index (χ2n) is 7.05. The van der Waals surface area contributed by atoms with Crippen molar-refractivity contribution in [2.24, 2.45) is 0 Å². The van der Waals surface area contributed by atoms with E-state index in [9.17, 15) is 0 Å². The van der Waals surface area contributed by atoms with Crippen LogP contribution in [-0.2, 0) is 26.0 Å². The third kappa shape index (κ3) is 3.04. The molecule has 0 saturated carbocycles. The van der Waals surface area contributed by atoms with Gasteiger partial charge in [0, 0.05) is 0 Å². The molecule has 1 unspecified atom stereocenters. The lowest BCUT2D eigenvalue weighted by atomic mass is 9.66. The van der Waals surface area contributed by atoms with Gasteiger partial charge in [0.25, 0.3) is 0 Å². The SMILES string of the molecule is C=C/C=C(\C=C/C)C1(c2ccccc2)OOOC1(c1ccccc1)c1ccccc1. The zero-order valence-corrected chi connectivity index (χ0v) is 16.9. The van der Waals surface area contributed by atoms with Crippen LogP contribution in [0.5, 0.6) is 0 Å². The Balaban J connectivity index is 2.15. The summed E-state index contributed by atoms with van der Waals surface area (Å²) >= 11 is 0. The van der Waals surface area contributed by atoms with Gasteiger partial charge in [-0.25, -0.2) is 0 Å². The molecule has 0 amide bonds. The van der Waals surface area contributed by atoms with Crippen molar-refractivity contribution in [1.82, 2.24) is 0 Å². The number of hydrogen-bond donors (Lipinski definition) is 0. The van der Waals surface area contributed by atoms with Crippen molar-refractivity contribution in [2.45, 2.75) is 18.1 Å². The van der Waals surface area contributed by atoms with Gasteiger partial charge in [0.15, 0.2) is 11.2 Å². The fraction of sp³-hybridized carbons (Fsp3) is 0.111. The zero-order valence-electron chi connectivity index (χ0n) is 16.9. The minimum absolute atomic E-state index is 0.858. The molecule has 0 spiro atoms. The second kappa shape index (κ2) is 8.64. The van der Waals surface area contributed by atoms with E-state index in [-0.39, 0.29) is 0 Å². The van der Waals surface area contributed by atoms with Gasteiger partial charge in [0.2, 0.25) is 0 Å². The first-order valence-electron chi connectivity index (χ1n) is 9.95. The summed E-state index contributed by atoms with van der Waals surface area (Å²) in [5.41, 5.74) is 1.38. The molecule has 3 aromatic rings. The molecule has 3 heteroatoms. The van der Waals surface area contributed by atoms with Crippen LogP contribution in [-0.4, -0.2) is 0 Å². The Hall–Kier alpha value is -3.24. The molecule has 1 aliphatic heterocycles. The minimum Gasteiger partial charge on any atom is -0.186 e. The molecule has 1 atom stereocenters. The van der Waals surface area contributed by atoms with Crippen LogP contribution in [0.25, 0.3) is 0 Å². The van der Waals surface area contributed by atoms with Crippen LogP contribution in [0.2, 0.25) is 0 Å². The van der Waals surface area contributed by atoms with Crippen molar-refractivity contribution < 1.29 is 14.8 Å². The molecule has 0 bridgehead atoms. The summed E-state index contributed by atoms with van der Waals surface area (Å²) in [6.45, 7) is 5.90. The van der Waals surface area contributed by atoms with E-state index in [4.69, 9.17) is 14.8 Å². The van der Waals surface area contributed by atoms with Crippen LogP contribution in [0.3, 0.4) is 0 Å². The van der Waals surface area contributed by atoms with Gasteiger partial charge < -0.3 is 0 Å². The Morgan fingerprint density at radius 3 is 1.70 bits per heavy atom. The van der Waals surface area contributed by atoms with Crippen molar-refractivity contribution in [1.29, 1.82) is 0 Å². The number of rotatable bonds is 6. The standard InChI is InChI=1S/C27H24O3/c1-3-14-22(15-4-2)26(23-16-8-5-9-17-23)27(29-30-28-26,24-18-10-6-11-19-24)25-20-12-7-13-21-25/h3-21H,1H2,2H3/b15-4-,22-14+. The summed E-state index contributed by atoms with van der Waals surface area (Å²) in [6, 6.07) is 30.1. The van der Waals surface area contributed by atoms with Gasteiger partial charge in [-0.1, -0.05) is 127 Å². The highest BCUT2D eigenvalue weighted by atomic mass is 17.5. The van der Waals surface area contributed by atoms with Gasteiger partial charge in [-0.05, 0) is 29.2 Å². The molecule has 0 radical (unpaired) electrons. The Morgan fingerprint density at radius 1 is 0.733 bits per heavy atom. The van der Waals surface area contributed by atoms with E-state index in [1.807, 2.05) is 116 Å². The highest BCUT2D eigenvalue weighted by Crippen LogP contribution is 2.58. The van der Waals surface area contributed by atoms with Crippen LogP contribution in [0, 0.1) is 0 Å². The molecule has 0 aromatic heterocycles. The number of allylic oxidation sites excluding steroid dienone is 3. The fourth-order valence-electron chi connectivity index (χ4n) is 4.19. The lowest BCUT2D eigenvalue weighted by Gasteiger charge is -2.41. The highest BCUT2D eigenvalue weighted by Gasteiger charge is 2.65. The molecule has 150 valence electrons. The molecule has 0 N–H and O–H groups in total. The molecule has 4 rings (SSSR count). The summed E-state index contributed by atoms with van der Waals surface area (Å²) in [6.07, 6.45) is 7.67. The molecule has 3 nitrogen and oxygen atoms in total. The lowest BCUT2D eigenvalue weighted by Crippen LogP contribution is -2.49. The van der Waals surface area contributed by atoms with Gasteiger partial charge in [-0.2, -0.15) is 9.78 Å². The highest BCUT2D eigenvalue weighted by molar-refractivity contribution is 5.53. The van der Waals surface area contributed by atoms with Crippen molar-refractivity contribution in [2.75, 3.05) is 0 Å². The summed E-state index contributed by atoms with van der Waals surface area (Å²) < 4.78 is 0. The monoisotopic (exact) mass is 396 g/mol. The predicted molar refractivity (Wildman–Crippen MR) is 118 cm³/mol. The maximum Gasteiger partial charge on any atom is 0.197 e. The third-order valence-corrected chi connectivity index (χ3v) is 5.40. The molecule has 1 fully saturated rings. The maximum absolute atomic E-state index is 6.13. The minimum atomic E-state index is -1.11. The van der Waals surface area contributed by atoms with Crippen molar-refractivity contribution >= 4 is 0 Å². The van der Waals surface area contributed by atoms with E-state index in [1.54, 1.807) is 6.08 Å².